The van der Waals surface area contributed by atoms with Crippen LogP contribution < -0.4 is 4.74 Å². The number of ether oxygens (including phenoxy) is 1. The molecule has 200 valence electrons. The Morgan fingerprint density at radius 1 is 1.00 bits per heavy atom. The Morgan fingerprint density at radius 2 is 1.73 bits per heavy atom. The van der Waals surface area contributed by atoms with Gasteiger partial charge in [0.15, 0.2) is 0 Å². The molecule has 2 saturated heterocycles. The Hall–Kier alpha value is -2.61. The summed E-state index contributed by atoms with van der Waals surface area (Å²) in [4.78, 5) is 34.9. The second-order valence-corrected chi connectivity index (χ2v) is 10.6. The molecule has 2 aromatic rings. The smallest absolute Gasteiger partial charge is 0.236 e. The molecule has 0 radical (unpaired) electrons. The van der Waals surface area contributed by atoms with Crippen molar-refractivity contribution in [1.29, 1.82) is 0 Å². The number of halogens is 1. The molecule has 7 nitrogen and oxygen atoms in total. The highest BCUT2D eigenvalue weighted by Crippen LogP contribution is 2.28. The molecule has 0 unspecified atom stereocenters. The van der Waals surface area contributed by atoms with Crippen LogP contribution in [-0.4, -0.2) is 96.9 Å². The Labute approximate surface area is 225 Å². The maximum atomic E-state index is 13.3. The molecule has 2 heterocycles. The topological polar surface area (TPSA) is 56.3 Å². The predicted molar refractivity (Wildman–Crippen MR) is 147 cm³/mol. The largest absolute Gasteiger partial charge is 0.490 e. The van der Waals surface area contributed by atoms with Gasteiger partial charge in [-0.2, -0.15) is 0 Å². The first-order valence-corrected chi connectivity index (χ1v) is 13.7. The lowest BCUT2D eigenvalue weighted by Gasteiger charge is -2.40. The monoisotopic (exact) mass is 526 g/mol. The van der Waals surface area contributed by atoms with Crippen LogP contribution in [-0.2, 0) is 16.1 Å². The molecule has 0 N–H and O–H groups in total. The number of piperazine rings is 1. The summed E-state index contributed by atoms with van der Waals surface area (Å²) < 4.78 is 6.34. The fourth-order valence-electron chi connectivity index (χ4n) is 5.18. The van der Waals surface area contributed by atoms with Gasteiger partial charge < -0.3 is 19.4 Å². The summed E-state index contributed by atoms with van der Waals surface area (Å²) in [5.74, 6) is 0.792. The minimum absolute atomic E-state index is 0.0542. The molecular weight excluding hydrogens is 488 g/mol. The molecule has 4 rings (SSSR count). The van der Waals surface area contributed by atoms with Crippen molar-refractivity contribution < 1.29 is 14.3 Å². The summed E-state index contributed by atoms with van der Waals surface area (Å²) in [6.07, 6.45) is 0.847. The number of piperidine rings is 1. The van der Waals surface area contributed by atoms with Crippen molar-refractivity contribution in [3.05, 3.63) is 65.2 Å². The van der Waals surface area contributed by atoms with E-state index < -0.39 is 0 Å². The molecule has 2 aromatic carbocycles. The van der Waals surface area contributed by atoms with Gasteiger partial charge >= 0.3 is 0 Å². The summed E-state index contributed by atoms with van der Waals surface area (Å²) in [5, 5.41) is 0.614. The van der Waals surface area contributed by atoms with Gasteiger partial charge in [0.2, 0.25) is 11.8 Å². The minimum Gasteiger partial charge on any atom is -0.490 e. The lowest BCUT2D eigenvalue weighted by molar-refractivity contribution is -0.140. The van der Waals surface area contributed by atoms with E-state index in [1.54, 1.807) is 11.0 Å². The standard InChI is InChI=1S/C29H39ClN4O3/c1-3-32-14-16-33(17-15-32)22-29(36)34-13-12-27(37-26-11-7-10-25(30)19-26)24(21-34)18-28(35)31(2)20-23-8-5-4-6-9-23/h4-11,19,24,27H,3,12-18,20-22H2,1-2H3/t24-,27-/m0/s1. The molecular formula is C29H39ClN4O3. The van der Waals surface area contributed by atoms with Gasteiger partial charge in [-0.25, -0.2) is 0 Å². The SMILES string of the molecule is CCN1CCN(CC(=O)N2CC[C@H](Oc3cccc(Cl)c3)[C@@H](CC(=O)N(C)Cc3ccccc3)C2)CC1. The first-order valence-electron chi connectivity index (χ1n) is 13.3. The van der Waals surface area contributed by atoms with Crippen LogP contribution in [0.1, 0.15) is 25.3 Å². The Bertz CT molecular complexity index is 1030. The normalized spacial score (nSPS) is 21.0. The van der Waals surface area contributed by atoms with Crippen LogP contribution in [0.2, 0.25) is 5.02 Å². The molecule has 0 aromatic heterocycles. The lowest BCUT2D eigenvalue weighted by Crippen LogP contribution is -2.53. The average molecular weight is 527 g/mol. The third-order valence-corrected chi connectivity index (χ3v) is 7.73. The van der Waals surface area contributed by atoms with Crippen molar-refractivity contribution in [2.45, 2.75) is 32.4 Å². The third kappa shape index (κ3) is 7.94. The minimum atomic E-state index is -0.162. The van der Waals surface area contributed by atoms with Gasteiger partial charge in [-0.3, -0.25) is 14.5 Å². The molecule has 2 amide bonds. The fourth-order valence-corrected chi connectivity index (χ4v) is 5.36. The number of nitrogens with zero attached hydrogens (tertiary/aromatic N) is 4. The number of hydrogen-bond donors (Lipinski definition) is 0. The van der Waals surface area contributed by atoms with E-state index >= 15 is 0 Å². The Morgan fingerprint density at radius 3 is 2.43 bits per heavy atom. The number of amides is 2. The summed E-state index contributed by atoms with van der Waals surface area (Å²) in [6, 6.07) is 17.4. The molecule has 2 aliphatic heterocycles. The number of benzene rings is 2. The zero-order valence-corrected chi connectivity index (χ0v) is 22.8. The number of hydrogen-bond acceptors (Lipinski definition) is 5. The number of likely N-dealkylation sites (N-methyl/N-ethyl adjacent to an activating group) is 1. The van der Waals surface area contributed by atoms with Gasteiger partial charge in [-0.1, -0.05) is 54.9 Å². The van der Waals surface area contributed by atoms with Crippen molar-refractivity contribution in [3.63, 3.8) is 0 Å². The Kier molecular flexibility index (Phi) is 9.83. The van der Waals surface area contributed by atoms with Crippen molar-refractivity contribution in [2.24, 2.45) is 5.92 Å². The van der Waals surface area contributed by atoms with Crippen molar-refractivity contribution in [1.82, 2.24) is 19.6 Å². The summed E-state index contributed by atoms with van der Waals surface area (Å²) in [5.41, 5.74) is 1.09. The Balaban J connectivity index is 1.40. The molecule has 2 aliphatic rings. The van der Waals surface area contributed by atoms with E-state index in [9.17, 15) is 9.59 Å². The highest BCUT2D eigenvalue weighted by molar-refractivity contribution is 6.30. The first-order chi connectivity index (χ1) is 17.9. The van der Waals surface area contributed by atoms with Crippen LogP contribution in [0.3, 0.4) is 0 Å². The van der Waals surface area contributed by atoms with Crippen LogP contribution >= 0.6 is 11.6 Å². The zero-order valence-electron chi connectivity index (χ0n) is 22.0. The van der Waals surface area contributed by atoms with Crippen LogP contribution in [0.15, 0.2) is 54.6 Å². The van der Waals surface area contributed by atoms with Crippen molar-refractivity contribution in [2.75, 3.05) is 59.4 Å². The van der Waals surface area contributed by atoms with Crippen LogP contribution in [0.25, 0.3) is 0 Å². The van der Waals surface area contributed by atoms with E-state index in [-0.39, 0.29) is 23.8 Å². The number of carbonyl (C=O) groups excluding carboxylic acids is 2. The van der Waals surface area contributed by atoms with Crippen LogP contribution in [0.4, 0.5) is 0 Å². The maximum Gasteiger partial charge on any atom is 0.236 e. The van der Waals surface area contributed by atoms with Crippen LogP contribution in [0, 0.1) is 5.92 Å². The molecule has 0 saturated carbocycles. The number of carbonyl (C=O) groups is 2. The van der Waals surface area contributed by atoms with Crippen molar-refractivity contribution in [3.8, 4) is 5.75 Å². The zero-order chi connectivity index (χ0) is 26.2. The maximum absolute atomic E-state index is 13.3. The van der Waals surface area contributed by atoms with Gasteiger partial charge in [-0.05, 0) is 30.3 Å². The van der Waals surface area contributed by atoms with E-state index in [1.165, 1.54) is 0 Å². The first kappa shape index (κ1) is 27.4. The molecule has 8 heteroatoms. The highest BCUT2D eigenvalue weighted by Gasteiger charge is 2.35. The predicted octanol–water partition coefficient (Wildman–Crippen LogP) is 3.62. The van der Waals surface area contributed by atoms with E-state index in [4.69, 9.17) is 16.3 Å². The molecule has 2 fully saturated rings. The summed E-state index contributed by atoms with van der Waals surface area (Å²) >= 11 is 6.18. The molecule has 2 atom stereocenters. The third-order valence-electron chi connectivity index (χ3n) is 7.50. The highest BCUT2D eigenvalue weighted by atomic mass is 35.5. The quantitative estimate of drug-likeness (QED) is 0.499. The van der Waals surface area contributed by atoms with E-state index in [1.807, 2.05) is 60.5 Å². The van der Waals surface area contributed by atoms with Gasteiger partial charge in [-0.15, -0.1) is 0 Å². The molecule has 0 bridgehead atoms. The average Bonchev–Trinajstić information content (AvgIpc) is 2.90. The van der Waals surface area contributed by atoms with Gasteiger partial charge in [0.05, 0.1) is 6.54 Å². The summed E-state index contributed by atoms with van der Waals surface area (Å²) in [6.45, 7) is 9.21. The second kappa shape index (κ2) is 13.3. The lowest BCUT2D eigenvalue weighted by atomic mass is 9.90. The van der Waals surface area contributed by atoms with E-state index in [0.717, 1.165) is 38.3 Å². The summed E-state index contributed by atoms with van der Waals surface area (Å²) in [7, 11) is 1.84. The fraction of sp³-hybridized carbons (Fsp3) is 0.517. The molecule has 37 heavy (non-hydrogen) atoms. The van der Waals surface area contributed by atoms with Crippen molar-refractivity contribution >= 4 is 23.4 Å². The molecule has 0 spiro atoms. The van der Waals surface area contributed by atoms with Gasteiger partial charge in [0, 0.05) is 76.6 Å². The van der Waals surface area contributed by atoms with Gasteiger partial charge in [0.25, 0.3) is 0 Å². The number of likely N-dealkylation sites (tertiary alicyclic amines) is 1. The molecule has 0 aliphatic carbocycles. The van der Waals surface area contributed by atoms with Gasteiger partial charge in [0.1, 0.15) is 11.9 Å². The van der Waals surface area contributed by atoms with Crippen LogP contribution in [0.5, 0.6) is 5.75 Å². The van der Waals surface area contributed by atoms with E-state index in [2.05, 4.69) is 16.7 Å². The van der Waals surface area contributed by atoms with E-state index in [0.29, 0.717) is 49.8 Å². The second-order valence-electron chi connectivity index (χ2n) is 10.2. The number of rotatable bonds is 9.